The zero-order chi connectivity index (χ0) is 18.9. The van der Waals surface area contributed by atoms with Crippen LogP contribution in [0, 0.1) is 0 Å². The van der Waals surface area contributed by atoms with Gasteiger partial charge in [0.2, 0.25) is 11.8 Å². The second-order valence-corrected chi connectivity index (χ2v) is 5.62. The van der Waals surface area contributed by atoms with Gasteiger partial charge in [0, 0.05) is 37.4 Å². The van der Waals surface area contributed by atoms with Crippen molar-refractivity contribution in [3.8, 4) is 0 Å². The predicted octanol–water partition coefficient (Wildman–Crippen LogP) is 1.20. The summed E-state index contributed by atoms with van der Waals surface area (Å²) in [5.41, 5.74) is 1.02. The maximum atomic E-state index is 11.2. The van der Waals surface area contributed by atoms with Crippen molar-refractivity contribution in [2.75, 3.05) is 52.7 Å². The van der Waals surface area contributed by atoms with Crippen molar-refractivity contribution in [1.29, 1.82) is 0 Å². The molecule has 0 aliphatic carbocycles. The van der Waals surface area contributed by atoms with Gasteiger partial charge in [-0.3, -0.25) is 9.59 Å². The van der Waals surface area contributed by atoms with Crippen molar-refractivity contribution in [3.63, 3.8) is 0 Å². The third-order valence-corrected chi connectivity index (χ3v) is 3.02. The molecule has 0 unspecified atom stereocenters. The summed E-state index contributed by atoms with van der Waals surface area (Å²) in [5, 5.41) is 5.48. The summed E-state index contributed by atoms with van der Waals surface area (Å²) in [4.78, 5) is 22.4. The number of hydrogen-bond donors (Lipinski definition) is 2. The Labute approximate surface area is 150 Å². The zero-order valence-electron chi connectivity index (χ0n) is 15.5. The fourth-order valence-electron chi connectivity index (χ4n) is 1.60. The molecule has 2 amide bonds. The highest BCUT2D eigenvalue weighted by Gasteiger charge is 2.00. The first-order valence-electron chi connectivity index (χ1n) is 8.55. The highest BCUT2D eigenvalue weighted by molar-refractivity contribution is 5.92. The van der Waals surface area contributed by atoms with Crippen LogP contribution in [0.1, 0.15) is 26.7 Å². The number of hydrogen-bond acceptors (Lipinski definition) is 5. The van der Waals surface area contributed by atoms with Crippen molar-refractivity contribution in [3.05, 3.63) is 24.3 Å². The van der Waals surface area contributed by atoms with Crippen LogP contribution in [0.5, 0.6) is 0 Å². The molecule has 0 aliphatic heterocycles. The van der Waals surface area contributed by atoms with E-state index in [2.05, 4.69) is 23.8 Å². The number of amides is 2. The van der Waals surface area contributed by atoms with E-state index in [1.165, 1.54) is 0 Å². The highest BCUT2D eigenvalue weighted by atomic mass is 16.5. The van der Waals surface area contributed by atoms with Gasteiger partial charge in [0.15, 0.2) is 0 Å². The van der Waals surface area contributed by atoms with E-state index >= 15 is 0 Å². The normalized spacial score (nSPS) is 10.3. The topological polar surface area (TPSA) is 85.9 Å². The first-order chi connectivity index (χ1) is 11.9. The second kappa shape index (κ2) is 15.8. The van der Waals surface area contributed by atoms with E-state index < -0.39 is 0 Å². The van der Waals surface area contributed by atoms with E-state index in [-0.39, 0.29) is 11.8 Å². The average Bonchev–Trinajstić information content (AvgIpc) is 2.57. The van der Waals surface area contributed by atoms with Gasteiger partial charge in [-0.1, -0.05) is 13.2 Å². The Morgan fingerprint density at radius 2 is 1.00 bits per heavy atom. The molecule has 7 heteroatoms. The summed E-state index contributed by atoms with van der Waals surface area (Å²) in [5.74, 6) is -0.247. The maximum Gasteiger partial charge on any atom is 0.246 e. The number of rotatable bonds is 16. The molecule has 0 aromatic heterocycles. The molecule has 0 bridgehead atoms. The van der Waals surface area contributed by atoms with Gasteiger partial charge in [-0.2, -0.15) is 0 Å². The predicted molar refractivity (Wildman–Crippen MR) is 97.3 cm³/mol. The fraction of sp³-hybridized carbons (Fsp3) is 0.667. The molecular formula is C18H32N2O5. The van der Waals surface area contributed by atoms with Gasteiger partial charge >= 0.3 is 0 Å². The molecule has 25 heavy (non-hydrogen) atoms. The lowest BCUT2D eigenvalue weighted by atomic mass is 10.3. The standard InChI is InChI=1S/C18H32N2O5/c1-15(2)17(21)19-7-5-9-23-11-13-25-14-12-24-10-6-8-20-18(22)16(3)4/h1,3,5-14H2,2,4H3,(H,19,21)(H,20,22). The van der Waals surface area contributed by atoms with Gasteiger partial charge in [-0.05, 0) is 26.7 Å². The van der Waals surface area contributed by atoms with Crippen molar-refractivity contribution < 1.29 is 23.8 Å². The minimum Gasteiger partial charge on any atom is -0.379 e. The molecule has 0 rings (SSSR count). The molecule has 2 N–H and O–H groups in total. The lowest BCUT2D eigenvalue weighted by molar-refractivity contribution is -0.118. The van der Waals surface area contributed by atoms with Crippen LogP contribution in [0.2, 0.25) is 0 Å². The van der Waals surface area contributed by atoms with Crippen molar-refractivity contribution in [2.24, 2.45) is 0 Å². The molecule has 0 saturated carbocycles. The monoisotopic (exact) mass is 356 g/mol. The largest absolute Gasteiger partial charge is 0.379 e. The Morgan fingerprint density at radius 1 is 0.680 bits per heavy atom. The summed E-state index contributed by atoms with van der Waals surface area (Å²) in [6, 6.07) is 0. The zero-order valence-corrected chi connectivity index (χ0v) is 15.5. The fourth-order valence-corrected chi connectivity index (χ4v) is 1.60. The first kappa shape index (κ1) is 23.3. The summed E-state index contributed by atoms with van der Waals surface area (Å²) in [6.07, 6.45) is 1.51. The summed E-state index contributed by atoms with van der Waals surface area (Å²) >= 11 is 0. The van der Waals surface area contributed by atoms with E-state index in [4.69, 9.17) is 14.2 Å². The lowest BCUT2D eigenvalue weighted by Crippen LogP contribution is -2.25. The van der Waals surface area contributed by atoms with Crippen LogP contribution in [0.25, 0.3) is 0 Å². The van der Waals surface area contributed by atoms with Crippen LogP contribution < -0.4 is 10.6 Å². The molecule has 0 aliphatic rings. The molecule has 7 nitrogen and oxygen atoms in total. The van der Waals surface area contributed by atoms with Crippen LogP contribution in [-0.4, -0.2) is 64.5 Å². The summed E-state index contributed by atoms with van der Waals surface area (Å²) in [6.45, 7) is 14.8. The summed E-state index contributed by atoms with van der Waals surface area (Å²) < 4.78 is 16.2. The Morgan fingerprint density at radius 3 is 1.32 bits per heavy atom. The average molecular weight is 356 g/mol. The van der Waals surface area contributed by atoms with Gasteiger partial charge in [0.05, 0.1) is 26.4 Å². The molecule has 0 saturated heterocycles. The molecule has 0 radical (unpaired) electrons. The Kier molecular flexibility index (Phi) is 14.7. The quantitative estimate of drug-likeness (QED) is 0.321. The van der Waals surface area contributed by atoms with Crippen LogP contribution in [0.3, 0.4) is 0 Å². The number of carbonyl (C=O) groups is 2. The second-order valence-electron chi connectivity index (χ2n) is 5.62. The van der Waals surface area contributed by atoms with Gasteiger partial charge in [-0.15, -0.1) is 0 Å². The van der Waals surface area contributed by atoms with Gasteiger partial charge in [-0.25, -0.2) is 0 Å². The number of nitrogens with one attached hydrogen (secondary N) is 2. The minimum absolute atomic E-state index is 0.124. The molecular weight excluding hydrogens is 324 g/mol. The van der Waals surface area contributed by atoms with Crippen LogP contribution >= 0.6 is 0 Å². The smallest absolute Gasteiger partial charge is 0.246 e. The van der Waals surface area contributed by atoms with E-state index in [9.17, 15) is 9.59 Å². The van der Waals surface area contributed by atoms with Crippen LogP contribution in [-0.2, 0) is 23.8 Å². The molecule has 0 atom stereocenters. The van der Waals surface area contributed by atoms with Crippen LogP contribution in [0.4, 0.5) is 0 Å². The molecule has 0 aromatic rings. The molecule has 0 fully saturated rings. The van der Waals surface area contributed by atoms with Gasteiger partial charge in [0.1, 0.15) is 0 Å². The maximum absolute atomic E-state index is 11.2. The highest BCUT2D eigenvalue weighted by Crippen LogP contribution is 1.89. The molecule has 144 valence electrons. The van der Waals surface area contributed by atoms with Crippen LogP contribution in [0.15, 0.2) is 24.3 Å². The third kappa shape index (κ3) is 15.6. The number of carbonyl (C=O) groups excluding carboxylic acids is 2. The number of ether oxygens (including phenoxy) is 3. The van der Waals surface area contributed by atoms with Gasteiger partial charge in [0.25, 0.3) is 0 Å². The molecule has 0 aromatic carbocycles. The van der Waals surface area contributed by atoms with Gasteiger partial charge < -0.3 is 24.8 Å². The van der Waals surface area contributed by atoms with E-state index in [0.717, 1.165) is 12.8 Å². The first-order valence-corrected chi connectivity index (χ1v) is 8.55. The van der Waals surface area contributed by atoms with E-state index in [1.807, 2.05) is 0 Å². The van der Waals surface area contributed by atoms with Crippen molar-refractivity contribution in [2.45, 2.75) is 26.7 Å². The van der Waals surface area contributed by atoms with E-state index in [1.54, 1.807) is 13.8 Å². The Bertz CT molecular complexity index is 386. The molecule has 0 spiro atoms. The lowest BCUT2D eigenvalue weighted by Gasteiger charge is -2.08. The SMILES string of the molecule is C=C(C)C(=O)NCCCOCCOCCOCCCNC(=O)C(=C)C. The minimum atomic E-state index is -0.124. The molecule has 0 heterocycles. The van der Waals surface area contributed by atoms with Crippen molar-refractivity contribution in [1.82, 2.24) is 10.6 Å². The van der Waals surface area contributed by atoms with E-state index in [0.29, 0.717) is 63.9 Å². The Hall–Kier alpha value is -1.70. The third-order valence-electron chi connectivity index (χ3n) is 3.02. The summed E-state index contributed by atoms with van der Waals surface area (Å²) in [7, 11) is 0. The Balaban J connectivity index is 3.17. The van der Waals surface area contributed by atoms with Crippen molar-refractivity contribution >= 4 is 11.8 Å².